The lowest BCUT2D eigenvalue weighted by Crippen LogP contribution is -2.09. The highest BCUT2D eigenvalue weighted by molar-refractivity contribution is 5.83. The molecule has 0 saturated heterocycles. The first-order chi connectivity index (χ1) is 7.40. The van der Waals surface area contributed by atoms with Crippen LogP contribution in [-0.2, 0) is 6.18 Å². The van der Waals surface area contributed by atoms with Crippen molar-refractivity contribution in [3.05, 3.63) is 29.1 Å². The standard InChI is InChI=1S/C9H8F4N2O/c1-16-8-3-7(10)6(9(11,12)13)2-5(8)4-15-14/h2-4H,14H2,1H3. The first-order valence-corrected chi connectivity index (χ1v) is 4.08. The van der Waals surface area contributed by atoms with Crippen LogP contribution < -0.4 is 10.6 Å². The molecule has 1 aromatic carbocycles. The van der Waals surface area contributed by atoms with Crippen molar-refractivity contribution in [2.24, 2.45) is 10.9 Å². The second-order valence-electron chi connectivity index (χ2n) is 2.85. The number of ether oxygens (including phenoxy) is 1. The lowest BCUT2D eigenvalue weighted by molar-refractivity contribution is -0.140. The van der Waals surface area contributed by atoms with E-state index in [1.54, 1.807) is 0 Å². The third-order valence-corrected chi connectivity index (χ3v) is 1.84. The van der Waals surface area contributed by atoms with Gasteiger partial charge >= 0.3 is 6.18 Å². The van der Waals surface area contributed by atoms with Gasteiger partial charge in [0.25, 0.3) is 0 Å². The molecule has 0 amide bonds. The zero-order valence-electron chi connectivity index (χ0n) is 8.18. The van der Waals surface area contributed by atoms with Gasteiger partial charge in [0.1, 0.15) is 11.6 Å². The summed E-state index contributed by atoms with van der Waals surface area (Å²) in [5.74, 6) is 3.35. The van der Waals surface area contributed by atoms with Crippen LogP contribution in [0.2, 0.25) is 0 Å². The smallest absolute Gasteiger partial charge is 0.419 e. The quantitative estimate of drug-likeness (QED) is 0.370. The lowest BCUT2D eigenvalue weighted by Gasteiger charge is -2.11. The molecule has 1 aromatic rings. The van der Waals surface area contributed by atoms with Gasteiger partial charge in [-0.05, 0) is 6.07 Å². The summed E-state index contributed by atoms with van der Waals surface area (Å²) in [5.41, 5.74) is -1.43. The average molecular weight is 236 g/mol. The van der Waals surface area contributed by atoms with Crippen LogP contribution in [0.15, 0.2) is 17.2 Å². The maximum absolute atomic E-state index is 13.1. The number of benzene rings is 1. The monoisotopic (exact) mass is 236 g/mol. The molecule has 0 fully saturated rings. The van der Waals surface area contributed by atoms with E-state index in [1.807, 2.05) is 0 Å². The van der Waals surface area contributed by atoms with Crippen LogP contribution in [0, 0.1) is 5.82 Å². The molecule has 0 saturated carbocycles. The summed E-state index contributed by atoms with van der Waals surface area (Å²) < 4.78 is 54.8. The van der Waals surface area contributed by atoms with Crippen LogP contribution in [0.25, 0.3) is 0 Å². The van der Waals surface area contributed by atoms with Crippen molar-refractivity contribution < 1.29 is 22.3 Å². The van der Waals surface area contributed by atoms with Crippen molar-refractivity contribution in [3.63, 3.8) is 0 Å². The maximum Gasteiger partial charge on any atom is 0.419 e. The molecule has 3 nitrogen and oxygen atoms in total. The SMILES string of the molecule is COc1cc(F)c(C(F)(F)F)cc1C=NN. The van der Waals surface area contributed by atoms with E-state index >= 15 is 0 Å². The molecule has 0 spiro atoms. The minimum atomic E-state index is -4.77. The number of hydrazone groups is 1. The van der Waals surface area contributed by atoms with Gasteiger partial charge in [-0.25, -0.2) is 4.39 Å². The molecular weight excluding hydrogens is 228 g/mol. The zero-order chi connectivity index (χ0) is 12.3. The fraction of sp³-hybridized carbons (Fsp3) is 0.222. The van der Waals surface area contributed by atoms with Crippen LogP contribution in [0.5, 0.6) is 5.75 Å². The Labute approximate surface area is 88.5 Å². The number of rotatable bonds is 2. The largest absolute Gasteiger partial charge is 0.496 e. The number of hydrogen-bond donors (Lipinski definition) is 1. The summed E-state index contributed by atoms with van der Waals surface area (Å²) in [4.78, 5) is 0. The van der Waals surface area contributed by atoms with Gasteiger partial charge in [-0.1, -0.05) is 0 Å². The Morgan fingerprint density at radius 3 is 2.44 bits per heavy atom. The van der Waals surface area contributed by atoms with Crippen LogP contribution in [0.1, 0.15) is 11.1 Å². The fourth-order valence-corrected chi connectivity index (χ4v) is 1.15. The third kappa shape index (κ3) is 2.41. The molecule has 0 heterocycles. The Kier molecular flexibility index (Phi) is 3.36. The normalized spacial score (nSPS) is 12.1. The van der Waals surface area contributed by atoms with Crippen LogP contribution >= 0.6 is 0 Å². The Bertz CT molecular complexity index is 415. The van der Waals surface area contributed by atoms with Gasteiger partial charge in [0, 0.05) is 11.6 Å². The Balaban J connectivity index is 3.39. The predicted octanol–water partition coefficient (Wildman–Crippen LogP) is 2.15. The number of nitrogens with zero attached hydrogens (tertiary/aromatic N) is 1. The van der Waals surface area contributed by atoms with Crippen LogP contribution in [0.4, 0.5) is 17.6 Å². The van der Waals surface area contributed by atoms with Gasteiger partial charge in [-0.2, -0.15) is 18.3 Å². The van der Waals surface area contributed by atoms with Gasteiger partial charge in [-0.3, -0.25) is 0 Å². The minimum Gasteiger partial charge on any atom is -0.496 e. The molecule has 88 valence electrons. The molecule has 1 rings (SSSR count). The number of alkyl halides is 3. The second kappa shape index (κ2) is 4.38. The number of halogens is 4. The van der Waals surface area contributed by atoms with E-state index < -0.39 is 17.6 Å². The first-order valence-electron chi connectivity index (χ1n) is 4.08. The summed E-state index contributed by atoms with van der Waals surface area (Å²) in [6.07, 6.45) is -3.82. The molecule has 0 aliphatic heterocycles. The van der Waals surface area contributed by atoms with Crippen molar-refractivity contribution >= 4 is 6.21 Å². The maximum atomic E-state index is 13.1. The van der Waals surface area contributed by atoms with Gasteiger partial charge in [0.2, 0.25) is 0 Å². The van der Waals surface area contributed by atoms with E-state index in [1.165, 1.54) is 7.11 Å². The van der Waals surface area contributed by atoms with Crippen molar-refractivity contribution in [1.82, 2.24) is 0 Å². The van der Waals surface area contributed by atoms with Gasteiger partial charge in [-0.15, -0.1) is 0 Å². The van der Waals surface area contributed by atoms with Crippen molar-refractivity contribution in [3.8, 4) is 5.75 Å². The van der Waals surface area contributed by atoms with Gasteiger partial charge in [0.05, 0.1) is 18.9 Å². The van der Waals surface area contributed by atoms with Crippen molar-refractivity contribution in [1.29, 1.82) is 0 Å². The molecule has 0 aliphatic carbocycles. The molecule has 0 aliphatic rings. The minimum absolute atomic E-state index is 0.0428. The highest BCUT2D eigenvalue weighted by Gasteiger charge is 2.34. The fourth-order valence-electron chi connectivity index (χ4n) is 1.15. The molecule has 0 radical (unpaired) electrons. The second-order valence-corrected chi connectivity index (χ2v) is 2.85. The average Bonchev–Trinajstić information content (AvgIpc) is 2.18. The summed E-state index contributed by atoms with van der Waals surface area (Å²) >= 11 is 0. The number of methoxy groups -OCH3 is 1. The van der Waals surface area contributed by atoms with E-state index in [0.717, 1.165) is 6.21 Å². The Hall–Kier alpha value is -1.79. The topological polar surface area (TPSA) is 47.6 Å². The van der Waals surface area contributed by atoms with E-state index in [-0.39, 0.29) is 11.3 Å². The van der Waals surface area contributed by atoms with E-state index in [0.29, 0.717) is 12.1 Å². The van der Waals surface area contributed by atoms with Crippen molar-refractivity contribution in [2.75, 3.05) is 7.11 Å². The summed E-state index contributed by atoms with van der Waals surface area (Å²) in [5, 5.41) is 3.07. The molecule has 0 atom stereocenters. The molecular formula is C9H8F4N2O. The van der Waals surface area contributed by atoms with Gasteiger partial charge < -0.3 is 10.6 Å². The molecule has 7 heteroatoms. The van der Waals surface area contributed by atoms with E-state index in [9.17, 15) is 17.6 Å². The van der Waals surface area contributed by atoms with Crippen LogP contribution in [0.3, 0.4) is 0 Å². The zero-order valence-corrected chi connectivity index (χ0v) is 8.18. The predicted molar refractivity (Wildman–Crippen MR) is 49.7 cm³/mol. The number of nitrogens with two attached hydrogens (primary N) is 1. The van der Waals surface area contributed by atoms with E-state index in [4.69, 9.17) is 10.6 Å². The molecule has 0 bridgehead atoms. The molecule has 0 unspecified atom stereocenters. The Morgan fingerprint density at radius 2 is 2.00 bits per heavy atom. The summed E-state index contributed by atoms with van der Waals surface area (Å²) in [6, 6.07) is 1.23. The number of hydrogen-bond acceptors (Lipinski definition) is 3. The van der Waals surface area contributed by atoms with Crippen molar-refractivity contribution in [2.45, 2.75) is 6.18 Å². The highest BCUT2D eigenvalue weighted by atomic mass is 19.4. The molecule has 2 N–H and O–H groups in total. The highest BCUT2D eigenvalue weighted by Crippen LogP contribution is 2.34. The van der Waals surface area contributed by atoms with Gasteiger partial charge in [0.15, 0.2) is 0 Å². The third-order valence-electron chi connectivity index (χ3n) is 1.84. The lowest BCUT2D eigenvalue weighted by atomic mass is 10.1. The molecule has 16 heavy (non-hydrogen) atoms. The Morgan fingerprint density at radius 1 is 1.38 bits per heavy atom. The first kappa shape index (κ1) is 12.3. The summed E-state index contributed by atoms with van der Waals surface area (Å²) in [6.45, 7) is 0. The van der Waals surface area contributed by atoms with E-state index in [2.05, 4.69) is 5.10 Å². The summed E-state index contributed by atoms with van der Waals surface area (Å²) in [7, 11) is 1.20. The van der Waals surface area contributed by atoms with Crippen LogP contribution in [-0.4, -0.2) is 13.3 Å². The molecule has 0 aromatic heterocycles.